The standard InChI is InChI=1S/C33H36F4O7S2/c1-22(2)42-30(38)24-20-28(31(39)43-23(3)4)29(21-24)32(34,35)33(36,37)46(40,41)44-45(25-14-8-5-9-15-25,26-16-10-6-11-17-26)27-18-12-7-13-19-27/h5-19,22-24,28-29H,20-21H2,1-4H3. The molecule has 0 aromatic heterocycles. The van der Waals surface area contributed by atoms with E-state index in [9.17, 15) is 18.0 Å². The Morgan fingerprint density at radius 1 is 0.674 bits per heavy atom. The molecule has 3 aromatic rings. The maximum atomic E-state index is 16.3. The minimum atomic E-state index is -6.50. The van der Waals surface area contributed by atoms with Gasteiger partial charge in [0.1, 0.15) is 0 Å². The van der Waals surface area contributed by atoms with E-state index < -0.39 is 86.3 Å². The summed E-state index contributed by atoms with van der Waals surface area (Å²) in [6.07, 6.45) is -2.95. The molecular weight excluding hydrogens is 648 g/mol. The zero-order valence-corrected chi connectivity index (χ0v) is 27.3. The van der Waals surface area contributed by atoms with E-state index in [1.807, 2.05) is 0 Å². The largest absolute Gasteiger partial charge is 0.463 e. The fourth-order valence-corrected chi connectivity index (χ4v) is 10.7. The first-order valence-electron chi connectivity index (χ1n) is 14.7. The highest BCUT2D eigenvalue weighted by molar-refractivity contribution is 8.33. The molecule has 3 unspecified atom stereocenters. The van der Waals surface area contributed by atoms with Crippen molar-refractivity contribution in [3.8, 4) is 0 Å². The second kappa shape index (κ2) is 13.7. The lowest BCUT2D eigenvalue weighted by Crippen LogP contribution is -2.54. The van der Waals surface area contributed by atoms with Crippen molar-refractivity contribution >= 4 is 32.4 Å². The van der Waals surface area contributed by atoms with Crippen LogP contribution in [-0.4, -0.2) is 43.7 Å². The van der Waals surface area contributed by atoms with E-state index in [2.05, 4.69) is 0 Å². The van der Waals surface area contributed by atoms with Gasteiger partial charge < -0.3 is 9.47 Å². The average molecular weight is 685 g/mol. The summed E-state index contributed by atoms with van der Waals surface area (Å²) in [5.74, 6) is -13.5. The van der Waals surface area contributed by atoms with E-state index in [1.165, 1.54) is 64.1 Å². The minimum Gasteiger partial charge on any atom is -0.463 e. The number of ether oxygens (including phenoxy) is 2. The smallest absolute Gasteiger partial charge is 0.432 e. The van der Waals surface area contributed by atoms with Crippen LogP contribution in [0.5, 0.6) is 0 Å². The van der Waals surface area contributed by atoms with Crippen LogP contribution < -0.4 is 0 Å². The van der Waals surface area contributed by atoms with Gasteiger partial charge in [-0.2, -0.15) is 26.0 Å². The second-order valence-corrected chi connectivity index (χ2v) is 16.0. The highest BCUT2D eigenvalue weighted by Crippen LogP contribution is 2.71. The lowest BCUT2D eigenvalue weighted by Gasteiger charge is -2.41. The van der Waals surface area contributed by atoms with Gasteiger partial charge in [0.25, 0.3) is 0 Å². The predicted molar refractivity (Wildman–Crippen MR) is 164 cm³/mol. The van der Waals surface area contributed by atoms with Crippen LogP contribution in [-0.2, 0) is 32.8 Å². The van der Waals surface area contributed by atoms with E-state index in [0.29, 0.717) is 0 Å². The van der Waals surface area contributed by atoms with Gasteiger partial charge in [-0.1, -0.05) is 54.6 Å². The molecular formula is C33H36F4O7S2. The summed E-state index contributed by atoms with van der Waals surface area (Å²) in [6.45, 7) is 5.91. The molecule has 250 valence electrons. The Labute approximate surface area is 267 Å². The van der Waals surface area contributed by atoms with Crippen LogP contribution in [0.4, 0.5) is 17.6 Å². The van der Waals surface area contributed by atoms with Crippen LogP contribution in [0.25, 0.3) is 0 Å². The third-order valence-electron chi connectivity index (χ3n) is 7.49. The van der Waals surface area contributed by atoms with E-state index in [-0.39, 0.29) is 14.7 Å². The summed E-state index contributed by atoms with van der Waals surface area (Å²) in [5, 5.41) is -5.85. The predicted octanol–water partition coefficient (Wildman–Crippen LogP) is 8.00. The summed E-state index contributed by atoms with van der Waals surface area (Å²) in [4.78, 5) is 26.1. The summed E-state index contributed by atoms with van der Waals surface area (Å²) >= 11 is 0. The summed E-state index contributed by atoms with van der Waals surface area (Å²) in [7, 11) is -10.1. The number of carbonyl (C=O) groups excluding carboxylic acids is 2. The van der Waals surface area contributed by atoms with E-state index >= 15 is 17.6 Å². The van der Waals surface area contributed by atoms with Gasteiger partial charge in [0.2, 0.25) is 0 Å². The molecule has 0 radical (unpaired) electrons. The maximum absolute atomic E-state index is 16.3. The average Bonchev–Trinajstić information content (AvgIpc) is 3.48. The van der Waals surface area contributed by atoms with Crippen LogP contribution in [0.15, 0.2) is 106 Å². The van der Waals surface area contributed by atoms with Gasteiger partial charge in [0.05, 0.1) is 24.0 Å². The molecule has 1 aliphatic rings. The third-order valence-corrected chi connectivity index (χ3v) is 12.7. The number of rotatable bonds is 12. The lowest BCUT2D eigenvalue weighted by molar-refractivity contribution is -0.205. The highest BCUT2D eigenvalue weighted by atomic mass is 32.3. The lowest BCUT2D eigenvalue weighted by atomic mass is 9.89. The normalized spacial score (nSPS) is 19.7. The van der Waals surface area contributed by atoms with Gasteiger partial charge in [0.15, 0.2) is 0 Å². The Morgan fingerprint density at radius 3 is 1.46 bits per heavy atom. The fourth-order valence-electron chi connectivity index (χ4n) is 5.46. The molecule has 0 amide bonds. The van der Waals surface area contributed by atoms with Gasteiger partial charge >= 0.3 is 33.2 Å². The van der Waals surface area contributed by atoms with Crippen molar-refractivity contribution in [1.29, 1.82) is 0 Å². The van der Waals surface area contributed by atoms with Gasteiger partial charge in [-0.3, -0.25) is 9.59 Å². The van der Waals surface area contributed by atoms with E-state index in [0.717, 1.165) is 0 Å². The van der Waals surface area contributed by atoms with Gasteiger partial charge in [-0.05, 0) is 87.2 Å². The number of carbonyl (C=O) groups is 2. The van der Waals surface area contributed by atoms with E-state index in [4.69, 9.17) is 13.1 Å². The zero-order chi connectivity index (χ0) is 33.9. The molecule has 0 spiro atoms. The van der Waals surface area contributed by atoms with Crippen molar-refractivity contribution < 1.29 is 48.7 Å². The number of hydrogen-bond acceptors (Lipinski definition) is 7. The maximum Gasteiger partial charge on any atom is 0.432 e. The Morgan fingerprint density at radius 2 is 1.07 bits per heavy atom. The second-order valence-electron chi connectivity index (χ2n) is 11.5. The van der Waals surface area contributed by atoms with Crippen LogP contribution in [0.3, 0.4) is 0 Å². The summed E-state index contributed by atoms with van der Waals surface area (Å²) in [5.41, 5.74) is 0. The number of halogens is 4. The first kappa shape index (κ1) is 35.4. The first-order valence-corrected chi connectivity index (χ1v) is 17.6. The fraction of sp³-hybridized carbons (Fsp3) is 0.394. The highest BCUT2D eigenvalue weighted by Gasteiger charge is 2.73. The summed E-state index contributed by atoms with van der Waals surface area (Å²) < 4.78 is 108. The molecule has 1 aliphatic carbocycles. The van der Waals surface area contributed by atoms with Crippen molar-refractivity contribution in [2.75, 3.05) is 0 Å². The third kappa shape index (κ3) is 6.82. The van der Waals surface area contributed by atoms with Crippen molar-refractivity contribution in [2.24, 2.45) is 17.8 Å². The SMILES string of the molecule is CC(C)OC(=O)C1CC(C(=O)OC(C)C)C(C(F)(F)C(F)(F)S(=O)(=O)OS(c2ccccc2)(c2ccccc2)c2ccccc2)C1. The van der Waals surface area contributed by atoms with Gasteiger partial charge in [-0.25, -0.2) is 3.63 Å². The van der Waals surface area contributed by atoms with Gasteiger partial charge in [-0.15, -0.1) is 0 Å². The molecule has 0 aliphatic heterocycles. The van der Waals surface area contributed by atoms with Crippen LogP contribution in [0.1, 0.15) is 40.5 Å². The molecule has 1 saturated carbocycles. The van der Waals surface area contributed by atoms with Crippen molar-refractivity contribution in [1.82, 2.24) is 0 Å². The molecule has 4 rings (SSSR count). The van der Waals surface area contributed by atoms with Crippen molar-refractivity contribution in [2.45, 2.75) is 78.6 Å². The Bertz CT molecular complexity index is 1510. The van der Waals surface area contributed by atoms with E-state index in [1.54, 1.807) is 54.6 Å². The molecule has 3 atom stereocenters. The number of hydrogen-bond donors (Lipinski definition) is 0. The van der Waals surface area contributed by atoms with Crippen molar-refractivity contribution in [3.63, 3.8) is 0 Å². The zero-order valence-electron chi connectivity index (χ0n) is 25.6. The topological polar surface area (TPSA) is 96.0 Å². The first-order chi connectivity index (χ1) is 21.5. The Hall–Kier alpha value is -3.42. The van der Waals surface area contributed by atoms with Gasteiger partial charge in [0, 0.05) is 20.6 Å². The monoisotopic (exact) mass is 684 g/mol. The molecule has 13 heteroatoms. The minimum absolute atomic E-state index is 0.158. The molecule has 0 bridgehead atoms. The quantitative estimate of drug-likeness (QED) is 0.141. The number of esters is 2. The molecule has 3 aromatic carbocycles. The molecule has 0 heterocycles. The molecule has 7 nitrogen and oxygen atoms in total. The van der Waals surface area contributed by atoms with Crippen LogP contribution in [0.2, 0.25) is 0 Å². The molecule has 46 heavy (non-hydrogen) atoms. The number of alkyl halides is 4. The molecule has 0 N–H and O–H groups in total. The molecule has 0 saturated heterocycles. The Balaban J connectivity index is 1.84. The van der Waals surface area contributed by atoms with Crippen LogP contribution in [0, 0.1) is 17.8 Å². The summed E-state index contributed by atoms with van der Waals surface area (Å²) in [6, 6.07) is 23.0. The molecule has 1 fully saturated rings. The van der Waals surface area contributed by atoms with Crippen LogP contribution >= 0.6 is 10.3 Å². The Kier molecular flexibility index (Phi) is 10.6. The van der Waals surface area contributed by atoms with Crippen molar-refractivity contribution in [3.05, 3.63) is 91.0 Å². The number of benzene rings is 3.